The summed E-state index contributed by atoms with van der Waals surface area (Å²) in [5.74, 6) is 0.509. The van der Waals surface area contributed by atoms with Crippen LogP contribution in [0.25, 0.3) is 6.08 Å². The largest absolute Gasteiger partial charge is 0.465 e. The van der Waals surface area contributed by atoms with Crippen molar-refractivity contribution < 1.29 is 13.9 Å². The van der Waals surface area contributed by atoms with E-state index < -0.39 is 0 Å². The predicted molar refractivity (Wildman–Crippen MR) is 81.4 cm³/mol. The van der Waals surface area contributed by atoms with Gasteiger partial charge in [0.25, 0.3) is 0 Å². The van der Waals surface area contributed by atoms with Crippen LogP contribution in [0.1, 0.15) is 23.8 Å². The average Bonchev–Trinajstić information content (AvgIpc) is 3.03. The first-order chi connectivity index (χ1) is 10.3. The van der Waals surface area contributed by atoms with E-state index in [-0.39, 0.29) is 5.91 Å². The zero-order chi connectivity index (χ0) is 14.9. The zero-order valence-electron chi connectivity index (χ0n) is 12.0. The number of rotatable bonds is 7. The normalized spacial score (nSPS) is 10.9. The molecule has 1 heterocycles. The van der Waals surface area contributed by atoms with Crippen LogP contribution in [0.3, 0.4) is 0 Å². The number of amides is 1. The molecule has 4 heteroatoms. The molecule has 110 valence electrons. The first-order valence-electron chi connectivity index (χ1n) is 6.93. The lowest BCUT2D eigenvalue weighted by Gasteiger charge is -2.05. The minimum absolute atomic E-state index is 0.148. The van der Waals surface area contributed by atoms with Crippen LogP contribution < -0.4 is 5.32 Å². The Balaban J connectivity index is 1.78. The molecule has 4 nitrogen and oxygen atoms in total. The highest BCUT2D eigenvalue weighted by atomic mass is 16.5. The van der Waals surface area contributed by atoms with Gasteiger partial charge in [0.15, 0.2) is 0 Å². The van der Waals surface area contributed by atoms with E-state index in [1.807, 2.05) is 31.2 Å². The minimum atomic E-state index is -0.148. The Morgan fingerprint density at radius 2 is 2.00 bits per heavy atom. The molecule has 21 heavy (non-hydrogen) atoms. The first-order valence-corrected chi connectivity index (χ1v) is 6.93. The van der Waals surface area contributed by atoms with Gasteiger partial charge in [0.1, 0.15) is 5.76 Å². The van der Waals surface area contributed by atoms with Gasteiger partial charge >= 0.3 is 0 Å². The van der Waals surface area contributed by atoms with Gasteiger partial charge in [0, 0.05) is 19.2 Å². The summed E-state index contributed by atoms with van der Waals surface area (Å²) in [6, 6.07) is 11.6. The van der Waals surface area contributed by atoms with Crippen molar-refractivity contribution in [3.8, 4) is 0 Å². The molecule has 0 unspecified atom stereocenters. The molecule has 0 aliphatic rings. The molecular formula is C17H19NO3. The smallest absolute Gasteiger partial charge is 0.244 e. The van der Waals surface area contributed by atoms with Crippen molar-refractivity contribution in [3.63, 3.8) is 0 Å². The molecule has 0 saturated carbocycles. The summed E-state index contributed by atoms with van der Waals surface area (Å²) in [5.41, 5.74) is 2.18. The number of nitrogens with one attached hydrogen (secondary N) is 1. The summed E-state index contributed by atoms with van der Waals surface area (Å²) in [5, 5.41) is 2.83. The Morgan fingerprint density at radius 3 is 2.67 bits per heavy atom. The number of carbonyl (C=O) groups is 1. The standard InChI is InChI=1S/C17H19NO3/c1-2-20-13-15-7-5-14(6-8-15)12-18-17(19)10-9-16-4-3-11-21-16/h3-11H,2,12-13H2,1H3,(H,18,19)/b10-9+. The van der Waals surface area contributed by atoms with Crippen LogP contribution in [0, 0.1) is 0 Å². The van der Waals surface area contributed by atoms with E-state index in [9.17, 15) is 4.79 Å². The highest BCUT2D eigenvalue weighted by molar-refractivity contribution is 5.91. The van der Waals surface area contributed by atoms with Gasteiger partial charge in [-0.25, -0.2) is 0 Å². The Kier molecular flexibility index (Phi) is 5.79. The van der Waals surface area contributed by atoms with E-state index in [1.165, 1.54) is 6.08 Å². The van der Waals surface area contributed by atoms with Gasteiger partial charge in [-0.05, 0) is 36.3 Å². The summed E-state index contributed by atoms with van der Waals surface area (Å²) in [6.45, 7) is 3.80. The van der Waals surface area contributed by atoms with E-state index in [0.29, 0.717) is 25.5 Å². The lowest BCUT2D eigenvalue weighted by atomic mass is 10.1. The van der Waals surface area contributed by atoms with Crippen molar-refractivity contribution >= 4 is 12.0 Å². The van der Waals surface area contributed by atoms with Crippen LogP contribution in [0.5, 0.6) is 0 Å². The Labute approximate surface area is 124 Å². The monoisotopic (exact) mass is 285 g/mol. The molecule has 0 aliphatic heterocycles. The van der Waals surface area contributed by atoms with Gasteiger partial charge in [0.2, 0.25) is 5.91 Å². The zero-order valence-corrected chi connectivity index (χ0v) is 12.0. The van der Waals surface area contributed by atoms with E-state index in [4.69, 9.17) is 9.15 Å². The maximum Gasteiger partial charge on any atom is 0.244 e. The molecular weight excluding hydrogens is 266 g/mol. The van der Waals surface area contributed by atoms with E-state index in [0.717, 1.165) is 11.1 Å². The fourth-order valence-corrected chi connectivity index (χ4v) is 1.77. The van der Waals surface area contributed by atoms with Crippen LogP contribution in [-0.4, -0.2) is 12.5 Å². The molecule has 2 rings (SSSR count). The molecule has 0 atom stereocenters. The summed E-state index contributed by atoms with van der Waals surface area (Å²) in [7, 11) is 0. The van der Waals surface area contributed by atoms with E-state index in [1.54, 1.807) is 24.5 Å². The lowest BCUT2D eigenvalue weighted by molar-refractivity contribution is -0.116. The average molecular weight is 285 g/mol. The first kappa shape index (κ1) is 15.1. The van der Waals surface area contributed by atoms with E-state index in [2.05, 4.69) is 5.32 Å². The summed E-state index contributed by atoms with van der Waals surface area (Å²) in [4.78, 5) is 11.7. The fraction of sp³-hybridized carbons (Fsp3) is 0.235. The Hall–Kier alpha value is -2.33. The van der Waals surface area contributed by atoms with Gasteiger partial charge in [-0.2, -0.15) is 0 Å². The molecule has 0 fully saturated rings. The maximum absolute atomic E-state index is 11.7. The van der Waals surface area contributed by atoms with Gasteiger partial charge in [-0.1, -0.05) is 24.3 Å². The van der Waals surface area contributed by atoms with Gasteiger partial charge < -0.3 is 14.5 Å². The topological polar surface area (TPSA) is 51.5 Å². The van der Waals surface area contributed by atoms with Gasteiger partial charge in [-0.15, -0.1) is 0 Å². The van der Waals surface area contributed by atoms with Crippen molar-refractivity contribution in [2.24, 2.45) is 0 Å². The number of carbonyl (C=O) groups excluding carboxylic acids is 1. The van der Waals surface area contributed by atoms with Crippen molar-refractivity contribution in [2.75, 3.05) is 6.61 Å². The van der Waals surface area contributed by atoms with Crippen molar-refractivity contribution in [2.45, 2.75) is 20.1 Å². The summed E-state index contributed by atoms with van der Waals surface area (Å²) in [6.07, 6.45) is 4.67. The number of hydrogen-bond donors (Lipinski definition) is 1. The van der Waals surface area contributed by atoms with Crippen LogP contribution in [0.4, 0.5) is 0 Å². The van der Waals surface area contributed by atoms with E-state index >= 15 is 0 Å². The number of benzene rings is 1. The molecule has 0 radical (unpaired) electrons. The molecule has 1 N–H and O–H groups in total. The highest BCUT2D eigenvalue weighted by Gasteiger charge is 1.98. The Bertz CT molecular complexity index is 571. The number of ether oxygens (including phenoxy) is 1. The van der Waals surface area contributed by atoms with Crippen molar-refractivity contribution in [3.05, 3.63) is 65.6 Å². The molecule has 0 bridgehead atoms. The number of hydrogen-bond acceptors (Lipinski definition) is 3. The fourth-order valence-electron chi connectivity index (χ4n) is 1.77. The third-order valence-electron chi connectivity index (χ3n) is 2.90. The highest BCUT2D eigenvalue weighted by Crippen LogP contribution is 2.06. The maximum atomic E-state index is 11.7. The third kappa shape index (κ3) is 5.28. The second-order valence-electron chi connectivity index (χ2n) is 4.52. The third-order valence-corrected chi connectivity index (χ3v) is 2.90. The second kappa shape index (κ2) is 8.07. The minimum Gasteiger partial charge on any atom is -0.465 e. The Morgan fingerprint density at radius 1 is 1.24 bits per heavy atom. The lowest BCUT2D eigenvalue weighted by Crippen LogP contribution is -2.20. The summed E-state index contributed by atoms with van der Waals surface area (Å²) < 4.78 is 10.5. The predicted octanol–water partition coefficient (Wildman–Crippen LogP) is 3.15. The van der Waals surface area contributed by atoms with Crippen LogP contribution in [0.15, 0.2) is 53.2 Å². The summed E-state index contributed by atoms with van der Waals surface area (Å²) >= 11 is 0. The number of furan rings is 1. The van der Waals surface area contributed by atoms with Crippen molar-refractivity contribution in [1.82, 2.24) is 5.32 Å². The molecule has 0 spiro atoms. The molecule has 0 aliphatic carbocycles. The van der Waals surface area contributed by atoms with Crippen LogP contribution in [-0.2, 0) is 22.7 Å². The van der Waals surface area contributed by atoms with Crippen molar-refractivity contribution in [1.29, 1.82) is 0 Å². The molecule has 2 aromatic rings. The van der Waals surface area contributed by atoms with Gasteiger partial charge in [-0.3, -0.25) is 4.79 Å². The molecule has 0 saturated heterocycles. The molecule has 1 aromatic heterocycles. The van der Waals surface area contributed by atoms with Gasteiger partial charge in [0.05, 0.1) is 12.9 Å². The second-order valence-corrected chi connectivity index (χ2v) is 4.52. The van der Waals surface area contributed by atoms with Crippen LogP contribution in [0.2, 0.25) is 0 Å². The van der Waals surface area contributed by atoms with Crippen LogP contribution >= 0.6 is 0 Å². The molecule has 1 amide bonds. The quantitative estimate of drug-likeness (QED) is 0.795. The molecule has 1 aromatic carbocycles. The SMILES string of the molecule is CCOCc1ccc(CNC(=O)/C=C/c2ccco2)cc1.